The number of oxazole rings is 1. The number of likely N-dealkylation sites (tertiary alicyclic amines) is 1. The Morgan fingerprint density at radius 3 is 2.62 bits per heavy atom. The molecule has 1 atom stereocenters. The molecule has 0 radical (unpaired) electrons. The van der Waals surface area contributed by atoms with E-state index in [1.165, 1.54) is 0 Å². The van der Waals surface area contributed by atoms with Crippen molar-refractivity contribution in [1.29, 1.82) is 0 Å². The molecule has 4 heterocycles. The molecule has 7 nitrogen and oxygen atoms in total. The van der Waals surface area contributed by atoms with Crippen molar-refractivity contribution in [2.75, 3.05) is 45.2 Å². The summed E-state index contributed by atoms with van der Waals surface area (Å²) < 4.78 is 5.85. The van der Waals surface area contributed by atoms with Crippen molar-refractivity contribution in [1.82, 2.24) is 19.8 Å². The minimum absolute atomic E-state index is 0.122. The maximum atomic E-state index is 12.8. The van der Waals surface area contributed by atoms with E-state index in [1.807, 2.05) is 19.1 Å². The highest BCUT2D eigenvalue weighted by Crippen LogP contribution is 2.28. The van der Waals surface area contributed by atoms with Crippen molar-refractivity contribution >= 4 is 23.2 Å². The van der Waals surface area contributed by atoms with Gasteiger partial charge in [-0.15, -0.1) is 0 Å². The van der Waals surface area contributed by atoms with Gasteiger partial charge in [-0.2, -0.15) is 4.98 Å². The van der Waals surface area contributed by atoms with E-state index in [9.17, 15) is 4.79 Å². The van der Waals surface area contributed by atoms with Crippen LogP contribution in [0.1, 0.15) is 25.0 Å². The number of aryl methyl sites for hydroxylation is 1. The summed E-state index contributed by atoms with van der Waals surface area (Å²) in [6.45, 7) is 5.30. The van der Waals surface area contributed by atoms with Gasteiger partial charge in [0.15, 0.2) is 5.58 Å². The number of carbonyl (C=O) groups is 1. The summed E-state index contributed by atoms with van der Waals surface area (Å²) in [6, 6.07) is 4.96. The smallest absolute Gasteiger partial charge is 0.299 e. The number of hydrogen-bond acceptors (Lipinski definition) is 6. The lowest BCUT2D eigenvalue weighted by molar-refractivity contribution is -0.135. The van der Waals surface area contributed by atoms with Gasteiger partial charge in [0, 0.05) is 43.8 Å². The number of piperidine rings is 1. The Bertz CT molecular complexity index is 794. The monoisotopic (exact) mass is 357 g/mol. The molecule has 0 aliphatic carbocycles. The van der Waals surface area contributed by atoms with Crippen LogP contribution in [0.15, 0.2) is 16.5 Å². The average Bonchev–Trinajstić information content (AvgIpc) is 3.28. The number of nitrogens with zero attached hydrogens (tertiary/aromatic N) is 5. The van der Waals surface area contributed by atoms with E-state index in [-0.39, 0.29) is 5.92 Å². The van der Waals surface area contributed by atoms with Gasteiger partial charge in [0.05, 0.1) is 0 Å². The predicted molar refractivity (Wildman–Crippen MR) is 100 cm³/mol. The van der Waals surface area contributed by atoms with E-state index in [0.29, 0.717) is 23.6 Å². The summed E-state index contributed by atoms with van der Waals surface area (Å²) in [5.41, 5.74) is 2.31. The zero-order valence-electron chi connectivity index (χ0n) is 15.8. The summed E-state index contributed by atoms with van der Waals surface area (Å²) in [5, 5.41) is 0. The summed E-state index contributed by atoms with van der Waals surface area (Å²) >= 11 is 0. The number of likely N-dealkylation sites (N-methyl/N-ethyl adjacent to an activating group) is 1. The minimum Gasteiger partial charge on any atom is -0.422 e. The van der Waals surface area contributed by atoms with Gasteiger partial charge < -0.3 is 19.1 Å². The summed E-state index contributed by atoms with van der Waals surface area (Å²) in [7, 11) is 4.18. The maximum absolute atomic E-state index is 12.8. The molecule has 2 aromatic rings. The SMILES string of the molecule is Cc1ccc2oc(N3CCC(C(=O)N4CCC(N(C)C)C4)CC3)nc2n1. The number of anilines is 1. The van der Waals surface area contributed by atoms with Crippen LogP contribution in [-0.4, -0.2) is 72.0 Å². The summed E-state index contributed by atoms with van der Waals surface area (Å²) in [6.07, 6.45) is 2.78. The molecular formula is C19H27N5O2. The Kier molecular flexibility index (Phi) is 4.56. The van der Waals surface area contributed by atoms with E-state index in [0.717, 1.165) is 56.7 Å². The molecule has 26 heavy (non-hydrogen) atoms. The Morgan fingerprint density at radius 1 is 1.15 bits per heavy atom. The van der Waals surface area contributed by atoms with E-state index < -0.39 is 0 Å². The fraction of sp³-hybridized carbons (Fsp3) is 0.632. The first-order chi connectivity index (χ1) is 12.5. The maximum Gasteiger partial charge on any atom is 0.299 e. The van der Waals surface area contributed by atoms with Gasteiger partial charge in [0.2, 0.25) is 11.6 Å². The number of pyridine rings is 1. The second-order valence-corrected chi connectivity index (χ2v) is 7.72. The first-order valence-electron chi connectivity index (χ1n) is 9.45. The predicted octanol–water partition coefficient (Wildman–Crippen LogP) is 1.91. The Labute approximate surface area is 154 Å². The van der Waals surface area contributed by atoms with Crippen molar-refractivity contribution in [2.45, 2.75) is 32.2 Å². The highest BCUT2D eigenvalue weighted by molar-refractivity contribution is 5.79. The molecule has 2 saturated heterocycles. The van der Waals surface area contributed by atoms with Crippen molar-refractivity contribution in [3.8, 4) is 0 Å². The van der Waals surface area contributed by atoms with Crippen LogP contribution in [-0.2, 0) is 4.79 Å². The van der Waals surface area contributed by atoms with E-state index in [1.54, 1.807) is 0 Å². The molecule has 4 rings (SSSR count). The van der Waals surface area contributed by atoms with Crippen LogP contribution in [0.2, 0.25) is 0 Å². The van der Waals surface area contributed by atoms with Crippen molar-refractivity contribution in [3.05, 3.63) is 17.8 Å². The normalized spacial score (nSPS) is 21.9. The van der Waals surface area contributed by atoms with Crippen LogP contribution >= 0.6 is 0 Å². The average molecular weight is 357 g/mol. The largest absolute Gasteiger partial charge is 0.422 e. The lowest BCUT2D eigenvalue weighted by Crippen LogP contribution is -2.43. The molecule has 7 heteroatoms. The molecule has 2 aromatic heterocycles. The number of rotatable bonds is 3. The van der Waals surface area contributed by atoms with E-state index in [2.05, 4.69) is 38.8 Å². The molecule has 0 bridgehead atoms. The molecule has 0 spiro atoms. The van der Waals surface area contributed by atoms with Gasteiger partial charge >= 0.3 is 0 Å². The Balaban J connectivity index is 1.37. The number of amides is 1. The third kappa shape index (κ3) is 3.28. The molecular weight excluding hydrogens is 330 g/mol. The molecule has 2 aliphatic rings. The molecule has 0 aromatic carbocycles. The van der Waals surface area contributed by atoms with Crippen molar-refractivity contribution in [2.24, 2.45) is 5.92 Å². The number of hydrogen-bond donors (Lipinski definition) is 0. The quantitative estimate of drug-likeness (QED) is 0.836. The second-order valence-electron chi connectivity index (χ2n) is 7.72. The first-order valence-corrected chi connectivity index (χ1v) is 9.45. The number of aromatic nitrogens is 2. The van der Waals surface area contributed by atoms with Crippen molar-refractivity contribution in [3.63, 3.8) is 0 Å². The lowest BCUT2D eigenvalue weighted by Gasteiger charge is -2.32. The molecule has 1 unspecified atom stereocenters. The lowest BCUT2D eigenvalue weighted by atomic mass is 9.95. The zero-order valence-corrected chi connectivity index (χ0v) is 15.8. The van der Waals surface area contributed by atoms with Gasteiger partial charge in [0.25, 0.3) is 6.01 Å². The Hall–Kier alpha value is -2.15. The Morgan fingerprint density at radius 2 is 1.92 bits per heavy atom. The standard InChI is InChI=1S/C19H27N5O2/c1-13-4-5-16-17(20-13)21-19(26-16)23-9-6-14(7-10-23)18(25)24-11-8-15(12-24)22(2)3/h4-5,14-15H,6-12H2,1-3H3. The van der Waals surface area contributed by atoms with Gasteiger partial charge in [-0.25, -0.2) is 4.98 Å². The van der Waals surface area contributed by atoms with Gasteiger partial charge in [-0.1, -0.05) is 0 Å². The number of fused-ring (bicyclic) bond motifs is 1. The summed E-state index contributed by atoms with van der Waals surface area (Å²) in [5.74, 6) is 0.445. The molecule has 140 valence electrons. The first kappa shape index (κ1) is 17.3. The third-order valence-electron chi connectivity index (χ3n) is 5.70. The molecule has 0 N–H and O–H groups in total. The molecule has 2 aliphatic heterocycles. The van der Waals surface area contributed by atoms with E-state index >= 15 is 0 Å². The minimum atomic E-state index is 0.122. The summed E-state index contributed by atoms with van der Waals surface area (Å²) in [4.78, 5) is 28.2. The van der Waals surface area contributed by atoms with Crippen molar-refractivity contribution < 1.29 is 9.21 Å². The van der Waals surface area contributed by atoms with Gasteiger partial charge in [0.1, 0.15) is 0 Å². The molecule has 0 saturated carbocycles. The zero-order chi connectivity index (χ0) is 18.3. The topological polar surface area (TPSA) is 65.7 Å². The second kappa shape index (κ2) is 6.87. The van der Waals surface area contributed by atoms with Gasteiger partial charge in [-0.05, 0) is 52.4 Å². The fourth-order valence-corrected chi connectivity index (χ4v) is 3.98. The highest BCUT2D eigenvalue weighted by atomic mass is 16.4. The fourth-order valence-electron chi connectivity index (χ4n) is 3.98. The van der Waals surface area contributed by atoms with Crippen LogP contribution < -0.4 is 4.90 Å². The van der Waals surface area contributed by atoms with Crippen LogP contribution in [0.3, 0.4) is 0 Å². The van der Waals surface area contributed by atoms with Crippen LogP contribution in [0.4, 0.5) is 6.01 Å². The third-order valence-corrected chi connectivity index (χ3v) is 5.70. The van der Waals surface area contributed by atoms with Crippen LogP contribution in [0.25, 0.3) is 11.2 Å². The van der Waals surface area contributed by atoms with Crippen LogP contribution in [0, 0.1) is 12.8 Å². The highest BCUT2D eigenvalue weighted by Gasteiger charge is 2.34. The molecule has 2 fully saturated rings. The van der Waals surface area contributed by atoms with Gasteiger partial charge in [-0.3, -0.25) is 4.79 Å². The van der Waals surface area contributed by atoms with Crippen LogP contribution in [0.5, 0.6) is 0 Å². The number of carbonyl (C=O) groups excluding carboxylic acids is 1. The molecule has 1 amide bonds. The van der Waals surface area contributed by atoms with E-state index in [4.69, 9.17) is 4.42 Å².